The highest BCUT2D eigenvalue weighted by molar-refractivity contribution is 7.99. The summed E-state index contributed by atoms with van der Waals surface area (Å²) in [6, 6.07) is 17.0. The fraction of sp³-hybridized carbons (Fsp3) is 0.120. The molecule has 5 aromatic rings. The Labute approximate surface area is 225 Å². The molecule has 0 fully saturated rings. The van der Waals surface area contributed by atoms with E-state index in [-0.39, 0.29) is 11.7 Å². The number of nitrogens with one attached hydrogen (secondary N) is 1. The van der Waals surface area contributed by atoms with Crippen LogP contribution in [0, 0.1) is 6.92 Å². The van der Waals surface area contributed by atoms with E-state index in [4.69, 9.17) is 27.6 Å². The van der Waals surface area contributed by atoms with Gasteiger partial charge in [0, 0.05) is 33.2 Å². The fourth-order valence-corrected chi connectivity index (χ4v) is 5.52. The summed E-state index contributed by atoms with van der Waals surface area (Å²) in [5, 5.41) is 13.8. The lowest BCUT2D eigenvalue weighted by atomic mass is 10.1. The van der Waals surface area contributed by atoms with Gasteiger partial charge in [-0.15, -0.1) is 21.5 Å². The van der Waals surface area contributed by atoms with Gasteiger partial charge in [0.1, 0.15) is 0 Å². The first-order valence-electron chi connectivity index (χ1n) is 10.8. The molecule has 0 aliphatic heterocycles. The summed E-state index contributed by atoms with van der Waals surface area (Å²) in [6.07, 6.45) is 3.93. The summed E-state index contributed by atoms with van der Waals surface area (Å²) in [7, 11) is 0. The first kappa shape index (κ1) is 24.6. The van der Waals surface area contributed by atoms with Crippen LogP contribution in [0.25, 0.3) is 17.3 Å². The lowest BCUT2D eigenvalue weighted by Crippen LogP contribution is -2.14. The zero-order chi connectivity index (χ0) is 25.1. The topological polar surface area (TPSA) is 85.8 Å². The van der Waals surface area contributed by atoms with E-state index in [1.165, 1.54) is 23.1 Å². The van der Waals surface area contributed by atoms with Gasteiger partial charge in [-0.3, -0.25) is 9.36 Å². The van der Waals surface area contributed by atoms with Crippen LogP contribution in [0.5, 0.6) is 0 Å². The molecule has 0 aliphatic carbocycles. The number of benzene rings is 2. The molecular weight excluding hydrogens is 537 g/mol. The number of amides is 1. The number of carbonyl (C=O) groups excluding carboxylic acids is 1. The molecule has 3 aromatic heterocycles. The Balaban J connectivity index is 1.27. The molecule has 0 radical (unpaired) electrons. The highest BCUT2D eigenvalue weighted by Gasteiger charge is 2.19. The Morgan fingerprint density at radius 1 is 1.14 bits per heavy atom. The van der Waals surface area contributed by atoms with Crippen molar-refractivity contribution in [2.75, 3.05) is 11.1 Å². The quantitative estimate of drug-likeness (QED) is 0.209. The van der Waals surface area contributed by atoms with Gasteiger partial charge in [-0.05, 0) is 48.9 Å². The smallest absolute Gasteiger partial charge is 0.236 e. The predicted molar refractivity (Wildman–Crippen MR) is 145 cm³/mol. The minimum absolute atomic E-state index is 0.139. The molecule has 36 heavy (non-hydrogen) atoms. The SMILES string of the molecule is Cc1ccc(-n2c(SCC(=O)Nc3ncc(Cc4ccc(Cl)cc4Cl)s3)nnc2-c2ccco2)cc1. The first-order chi connectivity index (χ1) is 17.5. The molecule has 7 nitrogen and oxygen atoms in total. The molecule has 1 N–H and O–H groups in total. The summed E-state index contributed by atoms with van der Waals surface area (Å²) in [4.78, 5) is 18.0. The van der Waals surface area contributed by atoms with Crippen molar-refractivity contribution in [1.29, 1.82) is 0 Å². The number of aromatic nitrogens is 4. The van der Waals surface area contributed by atoms with E-state index in [2.05, 4.69) is 20.5 Å². The van der Waals surface area contributed by atoms with Crippen LogP contribution in [0.1, 0.15) is 16.0 Å². The second-order valence-electron chi connectivity index (χ2n) is 7.84. The monoisotopic (exact) mass is 555 g/mol. The molecule has 182 valence electrons. The van der Waals surface area contributed by atoms with Crippen molar-refractivity contribution in [3.05, 3.63) is 93.1 Å². The maximum Gasteiger partial charge on any atom is 0.236 e. The van der Waals surface area contributed by atoms with Gasteiger partial charge in [0.25, 0.3) is 0 Å². The second-order valence-corrected chi connectivity index (χ2v) is 10.7. The number of rotatable bonds is 8. The number of thiazole rings is 1. The molecule has 2 aromatic carbocycles. The van der Waals surface area contributed by atoms with E-state index in [9.17, 15) is 4.79 Å². The minimum atomic E-state index is -0.191. The maximum atomic E-state index is 12.7. The van der Waals surface area contributed by atoms with Gasteiger partial charge >= 0.3 is 0 Å². The lowest BCUT2D eigenvalue weighted by molar-refractivity contribution is -0.113. The number of nitrogens with zero attached hydrogens (tertiary/aromatic N) is 4. The highest BCUT2D eigenvalue weighted by atomic mass is 35.5. The summed E-state index contributed by atoms with van der Waals surface area (Å²) in [6.45, 7) is 2.03. The Bertz CT molecular complexity index is 1500. The molecule has 0 atom stereocenters. The predicted octanol–water partition coefficient (Wildman–Crippen LogP) is 6.92. The lowest BCUT2D eigenvalue weighted by Gasteiger charge is -2.09. The summed E-state index contributed by atoms with van der Waals surface area (Å²) < 4.78 is 7.43. The Morgan fingerprint density at radius 3 is 2.72 bits per heavy atom. The summed E-state index contributed by atoms with van der Waals surface area (Å²) in [5.41, 5.74) is 2.97. The van der Waals surface area contributed by atoms with Crippen LogP contribution < -0.4 is 5.32 Å². The zero-order valence-electron chi connectivity index (χ0n) is 18.9. The Kier molecular flexibility index (Phi) is 7.43. The third kappa shape index (κ3) is 5.65. The van der Waals surface area contributed by atoms with E-state index < -0.39 is 0 Å². The average molecular weight is 557 g/mol. The number of furan rings is 1. The summed E-state index contributed by atoms with van der Waals surface area (Å²) >= 11 is 14.9. The van der Waals surface area contributed by atoms with E-state index in [0.29, 0.717) is 38.3 Å². The minimum Gasteiger partial charge on any atom is -0.461 e. The average Bonchev–Trinajstić information content (AvgIpc) is 3.61. The standard InChI is InChI=1S/C25H19Cl2N5O2S2/c1-15-4-8-18(9-5-15)32-23(21-3-2-10-34-21)30-31-25(32)35-14-22(33)29-24-28-13-19(36-24)11-16-6-7-17(26)12-20(16)27/h2-10,12-13H,11,14H2,1H3,(H,28,29,33). The van der Waals surface area contributed by atoms with Gasteiger partial charge in [0.2, 0.25) is 11.7 Å². The van der Waals surface area contributed by atoms with Crippen molar-refractivity contribution >= 4 is 57.3 Å². The van der Waals surface area contributed by atoms with Gasteiger partial charge in [-0.2, -0.15) is 0 Å². The molecular formula is C25H19Cl2N5O2S2. The molecule has 0 saturated carbocycles. The number of hydrogen-bond acceptors (Lipinski definition) is 7. The first-order valence-corrected chi connectivity index (χ1v) is 13.4. The van der Waals surface area contributed by atoms with Crippen molar-refractivity contribution < 1.29 is 9.21 Å². The Hall–Kier alpha value is -3.11. The molecule has 0 unspecified atom stereocenters. The van der Waals surface area contributed by atoms with E-state index in [0.717, 1.165) is 21.7 Å². The molecule has 3 heterocycles. The number of anilines is 1. The molecule has 0 bridgehead atoms. The van der Waals surface area contributed by atoms with Crippen LogP contribution >= 0.6 is 46.3 Å². The number of aryl methyl sites for hydroxylation is 1. The molecule has 11 heteroatoms. The van der Waals surface area contributed by atoms with Crippen LogP contribution in [-0.4, -0.2) is 31.4 Å². The van der Waals surface area contributed by atoms with Crippen LogP contribution in [0.4, 0.5) is 5.13 Å². The maximum absolute atomic E-state index is 12.7. The van der Waals surface area contributed by atoms with Crippen LogP contribution in [0.2, 0.25) is 10.0 Å². The van der Waals surface area contributed by atoms with Gasteiger partial charge in [0.05, 0.1) is 12.0 Å². The highest BCUT2D eigenvalue weighted by Crippen LogP contribution is 2.30. The fourth-order valence-electron chi connectivity index (χ4n) is 3.44. The number of carbonyl (C=O) groups is 1. The van der Waals surface area contributed by atoms with Crippen molar-refractivity contribution in [1.82, 2.24) is 19.7 Å². The van der Waals surface area contributed by atoms with Crippen molar-refractivity contribution in [2.24, 2.45) is 0 Å². The zero-order valence-corrected chi connectivity index (χ0v) is 22.1. The van der Waals surface area contributed by atoms with Gasteiger partial charge in [0.15, 0.2) is 16.0 Å². The number of thioether (sulfide) groups is 1. The second kappa shape index (κ2) is 10.9. The van der Waals surface area contributed by atoms with Crippen molar-refractivity contribution in [2.45, 2.75) is 18.5 Å². The van der Waals surface area contributed by atoms with E-state index in [1.54, 1.807) is 30.7 Å². The van der Waals surface area contributed by atoms with Gasteiger partial charge < -0.3 is 9.73 Å². The van der Waals surface area contributed by atoms with Crippen LogP contribution in [0.3, 0.4) is 0 Å². The van der Waals surface area contributed by atoms with Crippen molar-refractivity contribution in [3.63, 3.8) is 0 Å². The molecule has 0 saturated heterocycles. The molecule has 0 aliphatic rings. The van der Waals surface area contributed by atoms with Gasteiger partial charge in [-0.1, -0.05) is 58.7 Å². The third-order valence-corrected chi connectivity index (χ3v) is 7.61. The van der Waals surface area contributed by atoms with E-state index >= 15 is 0 Å². The normalized spacial score (nSPS) is 11.1. The van der Waals surface area contributed by atoms with Crippen molar-refractivity contribution in [3.8, 4) is 17.3 Å². The number of halogens is 2. The molecule has 5 rings (SSSR count). The van der Waals surface area contributed by atoms with Crippen LogP contribution in [0.15, 0.2) is 76.6 Å². The summed E-state index contributed by atoms with van der Waals surface area (Å²) in [5.74, 6) is 1.11. The van der Waals surface area contributed by atoms with Crippen LogP contribution in [-0.2, 0) is 11.2 Å². The van der Waals surface area contributed by atoms with Gasteiger partial charge in [-0.25, -0.2) is 4.98 Å². The molecule has 0 spiro atoms. The number of hydrogen-bond donors (Lipinski definition) is 1. The largest absolute Gasteiger partial charge is 0.461 e. The molecule has 1 amide bonds. The third-order valence-electron chi connectivity index (χ3n) is 5.18. The Morgan fingerprint density at radius 2 is 1.97 bits per heavy atom. The van der Waals surface area contributed by atoms with E-state index in [1.807, 2.05) is 47.9 Å².